The van der Waals surface area contributed by atoms with Crippen molar-refractivity contribution in [3.63, 3.8) is 0 Å². The van der Waals surface area contributed by atoms with E-state index in [-0.39, 0.29) is 5.91 Å². The number of benzene rings is 1. The molecule has 3 rings (SSSR count). The van der Waals surface area contributed by atoms with Crippen LogP contribution in [0.1, 0.15) is 27.2 Å². The van der Waals surface area contributed by atoms with Crippen molar-refractivity contribution in [3.05, 3.63) is 71.0 Å². The Morgan fingerprint density at radius 1 is 1.12 bits per heavy atom. The summed E-state index contributed by atoms with van der Waals surface area (Å²) < 4.78 is 1.78. The average Bonchev–Trinajstić information content (AvgIpc) is 2.93. The van der Waals surface area contributed by atoms with Gasteiger partial charge in [0.2, 0.25) is 0 Å². The highest BCUT2D eigenvalue weighted by molar-refractivity contribution is 5.94. The van der Waals surface area contributed by atoms with Crippen LogP contribution >= 0.6 is 0 Å². The molecule has 122 valence electrons. The Kier molecular flexibility index (Phi) is 4.42. The third-order valence-electron chi connectivity index (χ3n) is 3.77. The molecule has 0 saturated heterocycles. The van der Waals surface area contributed by atoms with E-state index in [0.29, 0.717) is 12.1 Å². The predicted octanol–water partition coefficient (Wildman–Crippen LogP) is 3.03. The van der Waals surface area contributed by atoms with Crippen LogP contribution < -0.4 is 5.32 Å². The van der Waals surface area contributed by atoms with E-state index in [1.807, 2.05) is 57.3 Å². The fourth-order valence-electron chi connectivity index (χ4n) is 2.75. The molecule has 3 aromatic rings. The number of aryl methyl sites for hydroxylation is 3. The maximum atomic E-state index is 12.3. The smallest absolute Gasteiger partial charge is 0.251 e. The summed E-state index contributed by atoms with van der Waals surface area (Å²) in [5.74, 6) is -0.0909. The number of amides is 1. The summed E-state index contributed by atoms with van der Waals surface area (Å²) in [6, 6.07) is 13.5. The van der Waals surface area contributed by atoms with Crippen molar-refractivity contribution in [2.24, 2.45) is 7.05 Å². The summed E-state index contributed by atoms with van der Waals surface area (Å²) in [5, 5.41) is 7.38. The molecule has 0 spiro atoms. The first-order valence-corrected chi connectivity index (χ1v) is 7.84. The fourth-order valence-corrected chi connectivity index (χ4v) is 2.75. The Balaban J connectivity index is 1.72. The minimum absolute atomic E-state index is 0.0909. The zero-order chi connectivity index (χ0) is 17.1. The third-order valence-corrected chi connectivity index (χ3v) is 3.77. The summed E-state index contributed by atoms with van der Waals surface area (Å²) in [6.45, 7) is 4.36. The summed E-state index contributed by atoms with van der Waals surface area (Å²) in [5.41, 5.74) is 5.42. The van der Waals surface area contributed by atoms with Gasteiger partial charge in [0.05, 0.1) is 23.6 Å². The molecule has 0 fully saturated rings. The monoisotopic (exact) mass is 320 g/mol. The molecule has 2 heterocycles. The summed E-state index contributed by atoms with van der Waals surface area (Å²) in [4.78, 5) is 16.7. The van der Waals surface area contributed by atoms with Crippen molar-refractivity contribution >= 4 is 5.91 Å². The molecule has 1 amide bonds. The lowest BCUT2D eigenvalue weighted by Gasteiger charge is -2.05. The SMILES string of the molecule is Cc1cc(C)cc(C(=O)NCc2cc(-c3ccccn3)n(C)n2)c1. The van der Waals surface area contributed by atoms with E-state index in [4.69, 9.17) is 0 Å². The number of rotatable bonds is 4. The van der Waals surface area contributed by atoms with Crippen LogP contribution in [0, 0.1) is 13.8 Å². The van der Waals surface area contributed by atoms with E-state index in [0.717, 1.165) is 28.2 Å². The van der Waals surface area contributed by atoms with Gasteiger partial charge in [-0.2, -0.15) is 5.10 Å². The Morgan fingerprint density at radius 3 is 2.54 bits per heavy atom. The molecular formula is C19H20N4O. The molecule has 24 heavy (non-hydrogen) atoms. The minimum atomic E-state index is -0.0909. The van der Waals surface area contributed by atoms with Crippen LogP contribution in [0.5, 0.6) is 0 Å². The highest BCUT2D eigenvalue weighted by Gasteiger charge is 2.11. The molecule has 0 aliphatic carbocycles. The summed E-state index contributed by atoms with van der Waals surface area (Å²) in [6.07, 6.45) is 1.75. The van der Waals surface area contributed by atoms with Gasteiger partial charge in [-0.3, -0.25) is 14.5 Å². The number of nitrogens with zero attached hydrogens (tertiary/aromatic N) is 3. The van der Waals surface area contributed by atoms with Gasteiger partial charge in [-0.15, -0.1) is 0 Å². The van der Waals surface area contributed by atoms with Gasteiger partial charge in [-0.25, -0.2) is 0 Å². The van der Waals surface area contributed by atoms with E-state index in [1.54, 1.807) is 10.9 Å². The number of hydrogen-bond acceptors (Lipinski definition) is 3. The molecule has 5 nitrogen and oxygen atoms in total. The first-order valence-electron chi connectivity index (χ1n) is 7.84. The highest BCUT2D eigenvalue weighted by atomic mass is 16.1. The minimum Gasteiger partial charge on any atom is -0.346 e. The van der Waals surface area contributed by atoms with E-state index in [9.17, 15) is 4.79 Å². The predicted molar refractivity (Wildman–Crippen MR) is 93.5 cm³/mol. The summed E-state index contributed by atoms with van der Waals surface area (Å²) >= 11 is 0. The molecule has 1 aromatic carbocycles. The van der Waals surface area contributed by atoms with Gasteiger partial charge in [0.25, 0.3) is 5.91 Å². The van der Waals surface area contributed by atoms with Crippen molar-refractivity contribution in [3.8, 4) is 11.4 Å². The van der Waals surface area contributed by atoms with Crippen LogP contribution in [-0.4, -0.2) is 20.7 Å². The van der Waals surface area contributed by atoms with Crippen molar-refractivity contribution in [2.75, 3.05) is 0 Å². The van der Waals surface area contributed by atoms with Gasteiger partial charge in [-0.05, 0) is 44.2 Å². The maximum Gasteiger partial charge on any atom is 0.251 e. The van der Waals surface area contributed by atoms with Crippen LogP contribution in [0.4, 0.5) is 0 Å². The molecule has 0 unspecified atom stereocenters. The fraction of sp³-hybridized carbons (Fsp3) is 0.211. The zero-order valence-corrected chi connectivity index (χ0v) is 14.1. The molecule has 1 N–H and O–H groups in total. The van der Waals surface area contributed by atoms with Gasteiger partial charge >= 0.3 is 0 Å². The highest BCUT2D eigenvalue weighted by Crippen LogP contribution is 2.17. The Morgan fingerprint density at radius 2 is 1.88 bits per heavy atom. The average molecular weight is 320 g/mol. The number of nitrogens with one attached hydrogen (secondary N) is 1. The van der Waals surface area contributed by atoms with Crippen LogP contribution in [-0.2, 0) is 13.6 Å². The molecular weight excluding hydrogens is 300 g/mol. The quantitative estimate of drug-likeness (QED) is 0.804. The molecule has 0 atom stereocenters. The lowest BCUT2D eigenvalue weighted by atomic mass is 10.1. The molecule has 2 aromatic heterocycles. The molecule has 0 saturated carbocycles. The van der Waals surface area contributed by atoms with Gasteiger partial charge in [-0.1, -0.05) is 23.3 Å². The van der Waals surface area contributed by atoms with Crippen molar-refractivity contribution in [2.45, 2.75) is 20.4 Å². The van der Waals surface area contributed by atoms with Gasteiger partial charge in [0.15, 0.2) is 0 Å². The normalized spacial score (nSPS) is 10.6. The van der Waals surface area contributed by atoms with Crippen LogP contribution in [0.2, 0.25) is 0 Å². The van der Waals surface area contributed by atoms with Crippen molar-refractivity contribution in [1.29, 1.82) is 0 Å². The third kappa shape index (κ3) is 3.51. The Hall–Kier alpha value is -2.95. The lowest BCUT2D eigenvalue weighted by molar-refractivity contribution is 0.0950. The van der Waals surface area contributed by atoms with Crippen LogP contribution in [0.25, 0.3) is 11.4 Å². The molecule has 0 bridgehead atoms. The zero-order valence-electron chi connectivity index (χ0n) is 14.1. The van der Waals surface area contributed by atoms with E-state index >= 15 is 0 Å². The van der Waals surface area contributed by atoms with E-state index < -0.39 is 0 Å². The van der Waals surface area contributed by atoms with Crippen LogP contribution in [0.15, 0.2) is 48.7 Å². The van der Waals surface area contributed by atoms with E-state index in [1.165, 1.54) is 0 Å². The number of aromatic nitrogens is 3. The first kappa shape index (κ1) is 15.9. The maximum absolute atomic E-state index is 12.3. The summed E-state index contributed by atoms with van der Waals surface area (Å²) in [7, 11) is 1.87. The first-order chi connectivity index (χ1) is 11.5. The number of pyridine rings is 1. The second-order valence-electron chi connectivity index (χ2n) is 5.92. The molecule has 5 heteroatoms. The lowest BCUT2D eigenvalue weighted by Crippen LogP contribution is -2.23. The van der Waals surface area contributed by atoms with Crippen molar-refractivity contribution in [1.82, 2.24) is 20.1 Å². The Bertz CT molecular complexity index is 848. The molecule has 0 radical (unpaired) electrons. The van der Waals surface area contributed by atoms with Gasteiger partial charge in [0.1, 0.15) is 0 Å². The number of carbonyl (C=O) groups is 1. The number of hydrogen-bond donors (Lipinski definition) is 1. The second-order valence-corrected chi connectivity index (χ2v) is 5.92. The Labute approximate surface area is 141 Å². The molecule has 0 aliphatic heterocycles. The standard InChI is InChI=1S/C19H20N4O/c1-13-8-14(2)10-15(9-13)19(24)21-12-16-11-18(23(3)22-16)17-6-4-5-7-20-17/h4-11H,12H2,1-3H3,(H,21,24). The van der Waals surface area contributed by atoms with Gasteiger partial charge < -0.3 is 5.32 Å². The number of carbonyl (C=O) groups excluding carboxylic acids is 1. The van der Waals surface area contributed by atoms with Crippen molar-refractivity contribution < 1.29 is 4.79 Å². The van der Waals surface area contributed by atoms with Gasteiger partial charge in [0, 0.05) is 18.8 Å². The topological polar surface area (TPSA) is 59.8 Å². The molecule has 0 aliphatic rings. The second kappa shape index (κ2) is 6.66. The largest absolute Gasteiger partial charge is 0.346 e. The van der Waals surface area contributed by atoms with E-state index in [2.05, 4.69) is 21.5 Å². The van der Waals surface area contributed by atoms with Crippen LogP contribution in [0.3, 0.4) is 0 Å².